The number of aromatic nitrogens is 4. The van der Waals surface area contributed by atoms with Gasteiger partial charge < -0.3 is 10.4 Å². The monoisotopic (exact) mass is 249 g/mol. The Morgan fingerprint density at radius 3 is 2.94 bits per heavy atom. The van der Waals surface area contributed by atoms with Gasteiger partial charge in [-0.15, -0.1) is 5.10 Å². The Kier molecular flexibility index (Phi) is 3.58. The van der Waals surface area contributed by atoms with Gasteiger partial charge in [0.05, 0.1) is 6.10 Å². The molecule has 1 unspecified atom stereocenters. The summed E-state index contributed by atoms with van der Waals surface area (Å²) in [5.74, 6) is 0. The first-order valence-corrected chi connectivity index (χ1v) is 6.12. The Bertz CT molecular complexity index is 522. The summed E-state index contributed by atoms with van der Waals surface area (Å²) in [6, 6.07) is 3.64. The smallest absolute Gasteiger partial charge is 0.179 e. The molecule has 0 bridgehead atoms. The van der Waals surface area contributed by atoms with E-state index in [1.807, 2.05) is 6.07 Å². The fraction of sp³-hybridized carbons (Fsp3) is 0.583. The van der Waals surface area contributed by atoms with Crippen molar-refractivity contribution in [3.05, 3.63) is 23.9 Å². The van der Waals surface area contributed by atoms with E-state index >= 15 is 0 Å². The number of hydrogen-bond donors (Lipinski definition) is 2. The molecule has 2 aromatic rings. The second kappa shape index (κ2) is 4.99. The van der Waals surface area contributed by atoms with E-state index in [4.69, 9.17) is 0 Å². The molecular formula is C12H19N5O. The molecule has 0 amide bonds. The van der Waals surface area contributed by atoms with Crippen molar-refractivity contribution in [2.24, 2.45) is 0 Å². The topological polar surface area (TPSA) is 75.3 Å². The summed E-state index contributed by atoms with van der Waals surface area (Å²) in [6.07, 6.45) is 2.19. The summed E-state index contributed by atoms with van der Waals surface area (Å²) in [6.45, 7) is 6.86. The molecule has 2 heterocycles. The molecule has 2 N–H and O–H groups in total. The van der Waals surface area contributed by atoms with Crippen LogP contribution >= 0.6 is 0 Å². The van der Waals surface area contributed by atoms with Gasteiger partial charge in [-0.25, -0.2) is 4.52 Å². The third kappa shape index (κ3) is 2.83. The Morgan fingerprint density at radius 2 is 2.22 bits per heavy atom. The van der Waals surface area contributed by atoms with E-state index in [1.54, 1.807) is 16.8 Å². The molecule has 2 aromatic heterocycles. The Morgan fingerprint density at radius 1 is 1.44 bits per heavy atom. The largest absolute Gasteiger partial charge is 0.387 e. The maximum Gasteiger partial charge on any atom is 0.179 e. The highest BCUT2D eigenvalue weighted by atomic mass is 16.3. The molecule has 18 heavy (non-hydrogen) atoms. The maximum atomic E-state index is 10.1. The van der Waals surface area contributed by atoms with Crippen LogP contribution in [0.25, 0.3) is 5.65 Å². The Labute approximate surface area is 106 Å². The van der Waals surface area contributed by atoms with Crippen molar-refractivity contribution >= 4 is 5.65 Å². The van der Waals surface area contributed by atoms with Crippen molar-refractivity contribution in [3.8, 4) is 0 Å². The lowest BCUT2D eigenvalue weighted by Crippen LogP contribution is -2.40. The van der Waals surface area contributed by atoms with Crippen LogP contribution in [0.3, 0.4) is 0 Å². The van der Waals surface area contributed by atoms with E-state index in [2.05, 4.69) is 41.6 Å². The van der Waals surface area contributed by atoms with Crippen molar-refractivity contribution in [3.63, 3.8) is 0 Å². The minimum Gasteiger partial charge on any atom is -0.387 e. The van der Waals surface area contributed by atoms with Crippen LogP contribution in [0.15, 0.2) is 18.3 Å². The lowest BCUT2D eigenvalue weighted by Gasteiger charge is -2.26. The van der Waals surface area contributed by atoms with Gasteiger partial charge in [-0.2, -0.15) is 0 Å². The predicted molar refractivity (Wildman–Crippen MR) is 68.1 cm³/mol. The number of rotatable bonds is 5. The first-order valence-electron chi connectivity index (χ1n) is 6.12. The molecule has 0 aliphatic rings. The molecule has 0 fully saturated rings. The lowest BCUT2D eigenvalue weighted by atomic mass is 10.0. The van der Waals surface area contributed by atoms with Crippen molar-refractivity contribution in [2.75, 3.05) is 6.54 Å². The summed E-state index contributed by atoms with van der Waals surface area (Å²) in [5, 5.41) is 24.7. The van der Waals surface area contributed by atoms with E-state index in [1.165, 1.54) is 0 Å². The molecule has 0 radical (unpaired) electrons. The van der Waals surface area contributed by atoms with Gasteiger partial charge in [0.25, 0.3) is 0 Å². The van der Waals surface area contributed by atoms with Crippen LogP contribution in [0.1, 0.15) is 38.9 Å². The standard InChI is InChI=1S/C12H19N5O/c1-4-12(2,3)13-7-10(18)9-5-6-11-14-15-16-17(11)8-9/h5-6,8,10,13,18H,4,7H2,1-3H3. The van der Waals surface area contributed by atoms with Crippen LogP contribution in [0.5, 0.6) is 0 Å². The van der Waals surface area contributed by atoms with Gasteiger partial charge in [-0.05, 0) is 36.8 Å². The molecule has 6 heteroatoms. The average Bonchev–Trinajstić information content (AvgIpc) is 2.83. The van der Waals surface area contributed by atoms with E-state index in [-0.39, 0.29) is 5.54 Å². The van der Waals surface area contributed by atoms with Gasteiger partial charge in [-0.1, -0.05) is 13.0 Å². The van der Waals surface area contributed by atoms with E-state index < -0.39 is 6.10 Å². The Balaban J connectivity index is 2.06. The van der Waals surface area contributed by atoms with Crippen LogP contribution in [0.4, 0.5) is 0 Å². The third-order valence-corrected chi connectivity index (χ3v) is 3.26. The molecule has 0 aliphatic carbocycles. The van der Waals surface area contributed by atoms with E-state index in [0.717, 1.165) is 12.0 Å². The predicted octanol–water partition coefficient (Wildman–Crippen LogP) is 0.936. The quantitative estimate of drug-likeness (QED) is 0.824. The van der Waals surface area contributed by atoms with E-state index in [9.17, 15) is 5.11 Å². The first-order chi connectivity index (χ1) is 8.52. The van der Waals surface area contributed by atoms with Crippen LogP contribution in [-0.4, -0.2) is 37.2 Å². The van der Waals surface area contributed by atoms with Gasteiger partial charge in [-0.3, -0.25) is 0 Å². The van der Waals surface area contributed by atoms with Crippen LogP contribution in [0, 0.1) is 0 Å². The minimum absolute atomic E-state index is 0.0277. The molecule has 0 aromatic carbocycles. The van der Waals surface area contributed by atoms with Gasteiger partial charge in [0.2, 0.25) is 0 Å². The average molecular weight is 249 g/mol. The molecule has 0 spiro atoms. The molecule has 98 valence electrons. The number of nitrogens with zero attached hydrogens (tertiary/aromatic N) is 4. The summed E-state index contributed by atoms with van der Waals surface area (Å²) in [7, 11) is 0. The number of aliphatic hydroxyl groups is 1. The number of aliphatic hydroxyl groups excluding tert-OH is 1. The lowest BCUT2D eigenvalue weighted by molar-refractivity contribution is 0.159. The third-order valence-electron chi connectivity index (χ3n) is 3.26. The zero-order chi connectivity index (χ0) is 13.2. The van der Waals surface area contributed by atoms with Crippen LogP contribution in [-0.2, 0) is 0 Å². The number of β-amino-alcohol motifs (C(OH)–C–C–N with tert-alkyl or cyclic N) is 1. The molecule has 0 saturated carbocycles. The summed E-state index contributed by atoms with van der Waals surface area (Å²) >= 11 is 0. The molecule has 0 saturated heterocycles. The number of hydrogen-bond acceptors (Lipinski definition) is 5. The molecule has 2 rings (SSSR count). The second-order valence-electron chi connectivity index (χ2n) is 5.08. The number of nitrogens with one attached hydrogen (secondary N) is 1. The zero-order valence-electron chi connectivity index (χ0n) is 11.0. The highest BCUT2D eigenvalue weighted by Gasteiger charge is 2.17. The maximum absolute atomic E-state index is 10.1. The van der Waals surface area contributed by atoms with Crippen molar-refractivity contribution in [1.29, 1.82) is 0 Å². The van der Waals surface area contributed by atoms with Gasteiger partial charge in [0, 0.05) is 23.8 Å². The zero-order valence-corrected chi connectivity index (χ0v) is 11.0. The number of fused-ring (bicyclic) bond motifs is 1. The summed E-state index contributed by atoms with van der Waals surface area (Å²) in [4.78, 5) is 0. The molecule has 1 atom stereocenters. The first kappa shape index (κ1) is 12.9. The van der Waals surface area contributed by atoms with Crippen molar-refractivity contribution < 1.29 is 5.11 Å². The van der Waals surface area contributed by atoms with Crippen LogP contribution in [0.2, 0.25) is 0 Å². The normalized spacial score (nSPS) is 14.0. The van der Waals surface area contributed by atoms with Crippen molar-refractivity contribution in [1.82, 2.24) is 25.4 Å². The van der Waals surface area contributed by atoms with Gasteiger partial charge in [0.15, 0.2) is 5.65 Å². The summed E-state index contributed by atoms with van der Waals surface area (Å²) < 4.78 is 1.56. The summed E-state index contributed by atoms with van der Waals surface area (Å²) in [5.41, 5.74) is 1.50. The molecule has 6 nitrogen and oxygen atoms in total. The fourth-order valence-corrected chi connectivity index (χ4v) is 1.57. The fourth-order valence-electron chi connectivity index (χ4n) is 1.57. The molecular weight excluding hydrogens is 230 g/mol. The molecule has 0 aliphatic heterocycles. The SMILES string of the molecule is CCC(C)(C)NCC(O)c1ccc2nnnn2c1. The second-order valence-corrected chi connectivity index (χ2v) is 5.08. The van der Waals surface area contributed by atoms with Crippen molar-refractivity contribution in [2.45, 2.75) is 38.8 Å². The van der Waals surface area contributed by atoms with Crippen LogP contribution < -0.4 is 5.32 Å². The minimum atomic E-state index is -0.565. The van der Waals surface area contributed by atoms with Gasteiger partial charge in [0.1, 0.15) is 0 Å². The van der Waals surface area contributed by atoms with Gasteiger partial charge >= 0.3 is 0 Å². The number of tetrazole rings is 1. The van der Waals surface area contributed by atoms with E-state index in [0.29, 0.717) is 12.2 Å². The highest BCUT2D eigenvalue weighted by Crippen LogP contribution is 2.14. The Hall–Kier alpha value is -1.53. The number of pyridine rings is 1. The highest BCUT2D eigenvalue weighted by molar-refractivity contribution is 5.36.